The Balaban J connectivity index is 1.61. The number of halogens is 1. The van der Waals surface area contributed by atoms with E-state index in [2.05, 4.69) is 20.5 Å². The number of aromatic amines is 1. The number of benzene rings is 2. The summed E-state index contributed by atoms with van der Waals surface area (Å²) in [6, 6.07) is 11.0. The Morgan fingerprint density at radius 1 is 1.07 bits per heavy atom. The fraction of sp³-hybridized carbons (Fsp3) is 0.238. The van der Waals surface area contributed by atoms with Crippen molar-refractivity contribution in [1.29, 1.82) is 0 Å². The van der Waals surface area contributed by atoms with Crippen molar-refractivity contribution in [1.82, 2.24) is 20.5 Å². The van der Waals surface area contributed by atoms with Crippen LogP contribution in [-0.4, -0.2) is 35.3 Å². The van der Waals surface area contributed by atoms with Gasteiger partial charge in [-0.05, 0) is 35.9 Å². The largest absolute Gasteiger partial charge is 0.493 e. The Morgan fingerprint density at radius 3 is 2.47 bits per heavy atom. The van der Waals surface area contributed by atoms with Gasteiger partial charge in [0, 0.05) is 24.9 Å². The SMILES string of the molecule is COc1ccc(-c2nnc(CCC(=O)NCc3ccc(F)cc3)c(=O)[nH]2)cc1OC. The number of hydrogen-bond acceptors (Lipinski definition) is 6. The number of carbonyl (C=O) groups excluding carboxylic acids is 1. The number of rotatable bonds is 8. The molecule has 0 atom stereocenters. The Hall–Kier alpha value is -3.75. The molecule has 0 fully saturated rings. The van der Waals surface area contributed by atoms with Crippen molar-refractivity contribution in [3.8, 4) is 22.9 Å². The number of H-pyrrole nitrogens is 1. The normalized spacial score (nSPS) is 10.5. The predicted molar refractivity (Wildman–Crippen MR) is 108 cm³/mol. The second-order valence-electron chi connectivity index (χ2n) is 6.42. The van der Waals surface area contributed by atoms with Gasteiger partial charge >= 0.3 is 0 Å². The first kappa shape index (κ1) is 21.0. The van der Waals surface area contributed by atoms with Crippen LogP contribution in [0.5, 0.6) is 11.5 Å². The number of methoxy groups -OCH3 is 2. The van der Waals surface area contributed by atoms with Gasteiger partial charge in [0.2, 0.25) is 5.91 Å². The summed E-state index contributed by atoms with van der Waals surface area (Å²) in [5, 5.41) is 10.7. The third-order valence-corrected chi connectivity index (χ3v) is 4.41. The topological polar surface area (TPSA) is 106 Å². The molecule has 0 bridgehead atoms. The quantitative estimate of drug-likeness (QED) is 0.588. The van der Waals surface area contributed by atoms with Crippen LogP contribution in [0, 0.1) is 5.82 Å². The van der Waals surface area contributed by atoms with Gasteiger partial charge in [0.25, 0.3) is 5.56 Å². The lowest BCUT2D eigenvalue weighted by molar-refractivity contribution is -0.121. The number of ether oxygens (including phenoxy) is 2. The van der Waals surface area contributed by atoms with E-state index in [-0.39, 0.29) is 42.6 Å². The van der Waals surface area contributed by atoms with Crippen LogP contribution in [0.1, 0.15) is 17.7 Å². The number of aryl methyl sites for hydroxylation is 1. The summed E-state index contributed by atoms with van der Waals surface area (Å²) in [4.78, 5) is 27.0. The van der Waals surface area contributed by atoms with Gasteiger partial charge in [-0.3, -0.25) is 9.59 Å². The molecule has 1 heterocycles. The number of carbonyl (C=O) groups is 1. The van der Waals surface area contributed by atoms with Crippen molar-refractivity contribution in [2.24, 2.45) is 0 Å². The number of nitrogens with one attached hydrogen (secondary N) is 2. The van der Waals surface area contributed by atoms with E-state index in [1.165, 1.54) is 26.4 Å². The van der Waals surface area contributed by atoms with Crippen LogP contribution in [-0.2, 0) is 17.8 Å². The average Bonchev–Trinajstić information content (AvgIpc) is 2.77. The van der Waals surface area contributed by atoms with Gasteiger partial charge in [-0.1, -0.05) is 12.1 Å². The average molecular weight is 412 g/mol. The predicted octanol–water partition coefficient (Wildman–Crippen LogP) is 2.24. The number of nitrogens with zero attached hydrogens (tertiary/aromatic N) is 2. The minimum absolute atomic E-state index is 0.0780. The highest BCUT2D eigenvalue weighted by atomic mass is 19.1. The van der Waals surface area contributed by atoms with E-state index in [1.807, 2.05) is 0 Å². The molecule has 0 saturated carbocycles. The lowest BCUT2D eigenvalue weighted by Crippen LogP contribution is -2.25. The van der Waals surface area contributed by atoms with Crippen LogP contribution >= 0.6 is 0 Å². The van der Waals surface area contributed by atoms with Crippen molar-refractivity contribution in [3.63, 3.8) is 0 Å². The molecule has 1 amide bonds. The fourth-order valence-corrected chi connectivity index (χ4v) is 2.76. The van der Waals surface area contributed by atoms with E-state index in [0.29, 0.717) is 17.1 Å². The molecule has 0 unspecified atom stereocenters. The summed E-state index contributed by atoms with van der Waals surface area (Å²) in [5.74, 6) is 0.758. The van der Waals surface area contributed by atoms with E-state index in [0.717, 1.165) is 5.56 Å². The van der Waals surface area contributed by atoms with E-state index in [4.69, 9.17) is 9.47 Å². The van der Waals surface area contributed by atoms with Crippen LogP contribution < -0.4 is 20.3 Å². The maximum Gasteiger partial charge on any atom is 0.273 e. The number of amides is 1. The molecule has 0 aliphatic heterocycles. The van der Waals surface area contributed by atoms with Crippen LogP contribution in [0.25, 0.3) is 11.4 Å². The summed E-state index contributed by atoms with van der Waals surface area (Å²) in [6.07, 6.45) is 0.221. The molecule has 156 valence electrons. The van der Waals surface area contributed by atoms with Gasteiger partial charge < -0.3 is 19.8 Å². The molecule has 2 N–H and O–H groups in total. The van der Waals surface area contributed by atoms with E-state index in [9.17, 15) is 14.0 Å². The van der Waals surface area contributed by atoms with Crippen LogP contribution in [0.4, 0.5) is 4.39 Å². The smallest absolute Gasteiger partial charge is 0.273 e. The first-order chi connectivity index (χ1) is 14.5. The zero-order valence-electron chi connectivity index (χ0n) is 16.6. The first-order valence-corrected chi connectivity index (χ1v) is 9.19. The highest BCUT2D eigenvalue weighted by molar-refractivity contribution is 5.76. The van der Waals surface area contributed by atoms with Crippen molar-refractivity contribution in [2.75, 3.05) is 14.2 Å². The molecule has 0 spiro atoms. The molecule has 0 saturated heterocycles. The van der Waals surface area contributed by atoms with Gasteiger partial charge in [0.15, 0.2) is 17.3 Å². The lowest BCUT2D eigenvalue weighted by atomic mass is 10.2. The number of hydrogen-bond donors (Lipinski definition) is 2. The molecule has 2 aromatic carbocycles. The molecule has 0 radical (unpaired) electrons. The maximum absolute atomic E-state index is 12.9. The van der Waals surface area contributed by atoms with E-state index >= 15 is 0 Å². The fourth-order valence-electron chi connectivity index (χ4n) is 2.76. The van der Waals surface area contributed by atoms with Gasteiger partial charge in [-0.25, -0.2) is 4.39 Å². The van der Waals surface area contributed by atoms with Crippen LogP contribution in [0.15, 0.2) is 47.3 Å². The molecule has 3 aromatic rings. The van der Waals surface area contributed by atoms with Crippen LogP contribution in [0.2, 0.25) is 0 Å². The number of aromatic nitrogens is 3. The molecule has 0 aliphatic carbocycles. The Morgan fingerprint density at radius 2 is 1.80 bits per heavy atom. The summed E-state index contributed by atoms with van der Waals surface area (Å²) in [6.45, 7) is 0.277. The van der Waals surface area contributed by atoms with Crippen molar-refractivity contribution in [3.05, 3.63) is 69.9 Å². The summed E-state index contributed by atoms with van der Waals surface area (Å²) in [5.41, 5.74) is 1.14. The van der Waals surface area contributed by atoms with E-state index in [1.54, 1.807) is 30.3 Å². The van der Waals surface area contributed by atoms with Gasteiger partial charge in [-0.2, -0.15) is 0 Å². The first-order valence-electron chi connectivity index (χ1n) is 9.19. The molecule has 9 heteroatoms. The van der Waals surface area contributed by atoms with Gasteiger partial charge in [0.1, 0.15) is 11.5 Å². The standard InChI is InChI=1S/C21H21FN4O4/c1-29-17-9-5-14(11-18(17)30-2)20-24-21(28)16(25-26-20)8-10-19(27)23-12-13-3-6-15(22)7-4-13/h3-7,9,11H,8,10,12H2,1-2H3,(H,23,27)(H,24,26,28). The van der Waals surface area contributed by atoms with Crippen molar-refractivity contribution < 1.29 is 18.7 Å². The van der Waals surface area contributed by atoms with Crippen LogP contribution in [0.3, 0.4) is 0 Å². The summed E-state index contributed by atoms with van der Waals surface area (Å²) in [7, 11) is 3.05. The lowest BCUT2D eigenvalue weighted by Gasteiger charge is -2.09. The molecular formula is C21H21FN4O4. The third-order valence-electron chi connectivity index (χ3n) is 4.41. The van der Waals surface area contributed by atoms with Crippen molar-refractivity contribution in [2.45, 2.75) is 19.4 Å². The zero-order valence-corrected chi connectivity index (χ0v) is 16.6. The molecular weight excluding hydrogens is 391 g/mol. The highest BCUT2D eigenvalue weighted by Gasteiger charge is 2.12. The maximum atomic E-state index is 12.9. The third kappa shape index (κ3) is 5.19. The van der Waals surface area contributed by atoms with Gasteiger partial charge in [-0.15, -0.1) is 10.2 Å². The van der Waals surface area contributed by atoms with Crippen molar-refractivity contribution >= 4 is 5.91 Å². The Bertz CT molecular complexity index is 1080. The molecule has 8 nitrogen and oxygen atoms in total. The molecule has 1 aromatic heterocycles. The van der Waals surface area contributed by atoms with Gasteiger partial charge in [0.05, 0.1) is 14.2 Å². The highest BCUT2D eigenvalue weighted by Crippen LogP contribution is 2.30. The summed E-state index contributed by atoms with van der Waals surface area (Å²) < 4.78 is 23.3. The molecule has 30 heavy (non-hydrogen) atoms. The zero-order chi connectivity index (χ0) is 21.5. The monoisotopic (exact) mass is 412 g/mol. The minimum atomic E-state index is -0.416. The Kier molecular flexibility index (Phi) is 6.74. The minimum Gasteiger partial charge on any atom is -0.493 e. The second-order valence-corrected chi connectivity index (χ2v) is 6.42. The van der Waals surface area contributed by atoms with E-state index < -0.39 is 5.56 Å². The Labute approximate surface area is 172 Å². The molecule has 3 rings (SSSR count). The second kappa shape index (κ2) is 9.64. The molecule has 0 aliphatic rings. The summed E-state index contributed by atoms with van der Waals surface area (Å²) >= 11 is 0.